The van der Waals surface area contributed by atoms with Gasteiger partial charge in [0.15, 0.2) is 5.76 Å². The van der Waals surface area contributed by atoms with E-state index in [1.807, 2.05) is 72.9 Å². The quantitative estimate of drug-likeness (QED) is 0.422. The first-order chi connectivity index (χ1) is 13.3. The standard InChI is InChI=1S/C24H20N2O/c1-18-10-8-9-15-21(18)17-25-24(20-13-6-3-7-14-20)22-16-23(27-26-22)19-11-4-2-5-12-19/h2-17,24H,1H3. The highest BCUT2D eigenvalue weighted by Crippen LogP contribution is 2.29. The van der Waals surface area contributed by atoms with Crippen molar-refractivity contribution in [1.29, 1.82) is 0 Å². The van der Waals surface area contributed by atoms with Crippen LogP contribution in [0.15, 0.2) is 101 Å². The third-order valence-corrected chi connectivity index (χ3v) is 4.53. The summed E-state index contributed by atoms with van der Waals surface area (Å²) in [6.45, 7) is 2.09. The van der Waals surface area contributed by atoms with E-state index in [9.17, 15) is 0 Å². The van der Waals surface area contributed by atoms with Crippen molar-refractivity contribution in [1.82, 2.24) is 5.16 Å². The molecule has 0 aliphatic rings. The Morgan fingerprint density at radius 3 is 2.26 bits per heavy atom. The Bertz CT molecular complexity index is 1040. The highest BCUT2D eigenvalue weighted by Gasteiger charge is 2.18. The molecule has 1 heterocycles. The zero-order chi connectivity index (χ0) is 18.5. The highest BCUT2D eigenvalue weighted by atomic mass is 16.5. The van der Waals surface area contributed by atoms with Crippen molar-refractivity contribution in [3.05, 3.63) is 113 Å². The molecule has 0 bridgehead atoms. The second kappa shape index (κ2) is 7.83. The van der Waals surface area contributed by atoms with E-state index in [1.54, 1.807) is 0 Å². The molecule has 1 unspecified atom stereocenters. The van der Waals surface area contributed by atoms with Crippen LogP contribution in [0.3, 0.4) is 0 Å². The molecule has 0 fully saturated rings. The molecule has 4 aromatic rings. The van der Waals surface area contributed by atoms with Gasteiger partial charge in [-0.3, -0.25) is 4.99 Å². The lowest BCUT2D eigenvalue weighted by atomic mass is 10.0. The van der Waals surface area contributed by atoms with Crippen LogP contribution in [0, 0.1) is 6.92 Å². The highest BCUT2D eigenvalue weighted by molar-refractivity contribution is 5.82. The monoisotopic (exact) mass is 352 g/mol. The SMILES string of the molecule is Cc1ccccc1C=NC(c1ccccc1)c1cc(-c2ccccc2)on1. The van der Waals surface area contributed by atoms with Gasteiger partial charge in [-0.25, -0.2) is 0 Å². The topological polar surface area (TPSA) is 38.4 Å². The van der Waals surface area contributed by atoms with Gasteiger partial charge < -0.3 is 4.52 Å². The van der Waals surface area contributed by atoms with Gasteiger partial charge in [-0.05, 0) is 23.6 Å². The van der Waals surface area contributed by atoms with Gasteiger partial charge >= 0.3 is 0 Å². The lowest BCUT2D eigenvalue weighted by molar-refractivity contribution is 0.420. The number of rotatable bonds is 5. The summed E-state index contributed by atoms with van der Waals surface area (Å²) in [7, 11) is 0. The number of hydrogen-bond acceptors (Lipinski definition) is 3. The minimum Gasteiger partial charge on any atom is -0.356 e. The molecule has 0 aliphatic heterocycles. The maximum Gasteiger partial charge on any atom is 0.167 e. The van der Waals surface area contributed by atoms with Gasteiger partial charge in [-0.15, -0.1) is 0 Å². The van der Waals surface area contributed by atoms with Crippen LogP contribution in [-0.2, 0) is 0 Å². The number of aliphatic imine (C=N–C) groups is 1. The third kappa shape index (κ3) is 3.87. The van der Waals surface area contributed by atoms with Crippen LogP contribution < -0.4 is 0 Å². The summed E-state index contributed by atoms with van der Waals surface area (Å²) >= 11 is 0. The first-order valence-corrected chi connectivity index (χ1v) is 8.97. The number of aryl methyl sites for hydroxylation is 1. The Labute approximate surface area is 159 Å². The molecule has 27 heavy (non-hydrogen) atoms. The maximum atomic E-state index is 5.61. The maximum absolute atomic E-state index is 5.61. The van der Waals surface area contributed by atoms with E-state index in [0.717, 1.165) is 28.1 Å². The van der Waals surface area contributed by atoms with Crippen molar-refractivity contribution in [2.45, 2.75) is 13.0 Å². The minimum absolute atomic E-state index is 0.216. The Morgan fingerprint density at radius 1 is 0.852 bits per heavy atom. The summed E-state index contributed by atoms with van der Waals surface area (Å²) < 4.78 is 5.61. The summed E-state index contributed by atoms with van der Waals surface area (Å²) in [5.41, 5.74) is 5.18. The van der Waals surface area contributed by atoms with Crippen LogP contribution in [-0.4, -0.2) is 11.4 Å². The van der Waals surface area contributed by atoms with E-state index < -0.39 is 0 Å². The first kappa shape index (κ1) is 17.0. The number of hydrogen-bond donors (Lipinski definition) is 0. The predicted octanol–water partition coefficient (Wildman–Crippen LogP) is 5.86. The fourth-order valence-corrected chi connectivity index (χ4v) is 3.01. The second-order valence-corrected chi connectivity index (χ2v) is 6.43. The van der Waals surface area contributed by atoms with Crippen molar-refractivity contribution in [3.63, 3.8) is 0 Å². The molecule has 4 rings (SSSR count). The predicted molar refractivity (Wildman–Crippen MR) is 109 cm³/mol. The Kier molecular flexibility index (Phi) is 4.93. The van der Waals surface area contributed by atoms with Crippen molar-refractivity contribution in [2.24, 2.45) is 4.99 Å². The van der Waals surface area contributed by atoms with Gasteiger partial charge in [0.05, 0.1) is 0 Å². The van der Waals surface area contributed by atoms with Crippen LogP contribution in [0.25, 0.3) is 11.3 Å². The summed E-state index contributed by atoms with van der Waals surface area (Å²) in [4.78, 5) is 4.85. The fraction of sp³-hybridized carbons (Fsp3) is 0.0833. The minimum atomic E-state index is -0.216. The van der Waals surface area contributed by atoms with Gasteiger partial charge in [0, 0.05) is 17.8 Å². The summed E-state index contributed by atoms with van der Waals surface area (Å²) in [5.74, 6) is 0.748. The lowest BCUT2D eigenvalue weighted by Gasteiger charge is -2.10. The average molecular weight is 352 g/mol. The Hall–Kier alpha value is -3.46. The number of nitrogens with zero attached hydrogens (tertiary/aromatic N) is 2. The summed E-state index contributed by atoms with van der Waals surface area (Å²) in [6.07, 6.45) is 1.92. The molecule has 3 aromatic carbocycles. The average Bonchev–Trinajstić information content (AvgIpc) is 3.21. The Balaban J connectivity index is 1.71. The van der Waals surface area contributed by atoms with Crippen LogP contribution in [0.1, 0.15) is 28.4 Å². The largest absolute Gasteiger partial charge is 0.356 e. The zero-order valence-electron chi connectivity index (χ0n) is 15.1. The van der Waals surface area contributed by atoms with E-state index in [0.29, 0.717) is 0 Å². The molecule has 0 amide bonds. The van der Waals surface area contributed by atoms with Crippen molar-refractivity contribution >= 4 is 6.21 Å². The van der Waals surface area contributed by atoms with Crippen LogP contribution >= 0.6 is 0 Å². The molecule has 3 heteroatoms. The van der Waals surface area contributed by atoms with Crippen LogP contribution in [0.4, 0.5) is 0 Å². The molecule has 0 radical (unpaired) electrons. The van der Waals surface area contributed by atoms with Gasteiger partial charge in [-0.2, -0.15) is 0 Å². The van der Waals surface area contributed by atoms with E-state index in [1.165, 1.54) is 5.56 Å². The molecule has 3 nitrogen and oxygen atoms in total. The third-order valence-electron chi connectivity index (χ3n) is 4.53. The lowest BCUT2D eigenvalue weighted by Crippen LogP contribution is -2.00. The fourth-order valence-electron chi connectivity index (χ4n) is 3.01. The Morgan fingerprint density at radius 2 is 1.52 bits per heavy atom. The first-order valence-electron chi connectivity index (χ1n) is 8.97. The molecular formula is C24H20N2O. The number of benzene rings is 3. The summed E-state index contributed by atoms with van der Waals surface area (Å²) in [6, 6.07) is 30.1. The van der Waals surface area contributed by atoms with E-state index in [4.69, 9.17) is 9.52 Å². The van der Waals surface area contributed by atoms with E-state index in [2.05, 4.69) is 36.3 Å². The van der Waals surface area contributed by atoms with Gasteiger partial charge in [-0.1, -0.05) is 90.1 Å². The molecular weight excluding hydrogens is 332 g/mol. The molecule has 0 aliphatic carbocycles. The smallest absolute Gasteiger partial charge is 0.167 e. The molecule has 1 aromatic heterocycles. The van der Waals surface area contributed by atoms with Crippen LogP contribution in [0.5, 0.6) is 0 Å². The van der Waals surface area contributed by atoms with Gasteiger partial charge in [0.2, 0.25) is 0 Å². The molecule has 0 saturated carbocycles. The number of aromatic nitrogens is 1. The molecule has 1 atom stereocenters. The molecule has 0 N–H and O–H groups in total. The molecule has 0 spiro atoms. The normalized spacial score (nSPS) is 12.3. The molecule has 0 saturated heterocycles. The van der Waals surface area contributed by atoms with Gasteiger partial charge in [0.25, 0.3) is 0 Å². The van der Waals surface area contributed by atoms with Gasteiger partial charge in [0.1, 0.15) is 11.7 Å². The van der Waals surface area contributed by atoms with Crippen molar-refractivity contribution < 1.29 is 4.52 Å². The summed E-state index contributed by atoms with van der Waals surface area (Å²) in [5, 5.41) is 4.32. The van der Waals surface area contributed by atoms with Crippen LogP contribution in [0.2, 0.25) is 0 Å². The van der Waals surface area contributed by atoms with E-state index in [-0.39, 0.29) is 6.04 Å². The zero-order valence-corrected chi connectivity index (χ0v) is 15.1. The molecule has 132 valence electrons. The second-order valence-electron chi connectivity index (χ2n) is 6.43. The van der Waals surface area contributed by atoms with E-state index >= 15 is 0 Å². The van der Waals surface area contributed by atoms with Crippen molar-refractivity contribution in [2.75, 3.05) is 0 Å². The van der Waals surface area contributed by atoms with Crippen molar-refractivity contribution in [3.8, 4) is 11.3 Å².